The number of rotatable bonds is 6. The van der Waals surface area contributed by atoms with Gasteiger partial charge in [-0.15, -0.1) is 0 Å². The van der Waals surface area contributed by atoms with Crippen molar-refractivity contribution in [2.24, 2.45) is 0 Å². The first-order valence-corrected chi connectivity index (χ1v) is 9.40. The molecule has 1 unspecified atom stereocenters. The fourth-order valence-electron chi connectivity index (χ4n) is 3.86. The number of carbonyl (C=O) groups is 1. The lowest BCUT2D eigenvalue weighted by Gasteiger charge is -2.37. The highest BCUT2D eigenvalue weighted by Crippen LogP contribution is 2.31. The summed E-state index contributed by atoms with van der Waals surface area (Å²) < 4.78 is 5.32. The van der Waals surface area contributed by atoms with Crippen LogP contribution in [0.5, 0.6) is 5.75 Å². The van der Waals surface area contributed by atoms with E-state index in [1.165, 1.54) is 0 Å². The van der Waals surface area contributed by atoms with Crippen molar-refractivity contribution in [1.29, 1.82) is 0 Å². The van der Waals surface area contributed by atoms with Crippen molar-refractivity contribution in [3.05, 3.63) is 60.0 Å². The van der Waals surface area contributed by atoms with Crippen molar-refractivity contribution in [2.45, 2.75) is 12.6 Å². The summed E-state index contributed by atoms with van der Waals surface area (Å²) >= 11 is 0. The van der Waals surface area contributed by atoms with Gasteiger partial charge in [-0.05, 0) is 30.3 Å². The highest BCUT2D eigenvalue weighted by molar-refractivity contribution is 5.90. The van der Waals surface area contributed by atoms with Crippen LogP contribution in [0, 0.1) is 0 Å². The molecule has 0 radical (unpaired) electrons. The minimum Gasteiger partial charge on any atom is -0.497 e. The first-order valence-electron chi connectivity index (χ1n) is 9.40. The Morgan fingerprint density at radius 2 is 2.07 bits per heavy atom. The third kappa shape index (κ3) is 3.72. The third-order valence-corrected chi connectivity index (χ3v) is 5.33. The number of benzene rings is 1. The monoisotopic (exact) mass is 380 g/mol. The van der Waals surface area contributed by atoms with Crippen molar-refractivity contribution in [2.75, 3.05) is 33.3 Å². The van der Waals surface area contributed by atoms with E-state index in [9.17, 15) is 9.90 Å². The molecule has 0 aliphatic carbocycles. The van der Waals surface area contributed by atoms with Crippen molar-refractivity contribution < 1.29 is 14.6 Å². The summed E-state index contributed by atoms with van der Waals surface area (Å²) in [6.07, 6.45) is 3.61. The maximum absolute atomic E-state index is 12.2. The Labute approximate surface area is 163 Å². The number of aliphatic carboxylic acids is 1. The van der Waals surface area contributed by atoms with E-state index in [1.54, 1.807) is 13.3 Å². The first kappa shape index (κ1) is 18.5. The number of carboxylic acids is 1. The van der Waals surface area contributed by atoms with E-state index < -0.39 is 12.0 Å². The standard InChI is InChI=1S/C21H24N4O3/c1-28-16-5-6-19-17(12-16)18(13-23-19)20(21(26)27)25-10-8-24(9-11-25)14-15-4-2-3-7-22-15/h2-7,12-13,20,23H,8-11,14H2,1H3,(H,26,27). The summed E-state index contributed by atoms with van der Waals surface area (Å²) in [5.41, 5.74) is 2.73. The van der Waals surface area contributed by atoms with Crippen LogP contribution in [-0.4, -0.2) is 64.1 Å². The number of pyridine rings is 1. The lowest BCUT2D eigenvalue weighted by atomic mass is 10.0. The molecule has 1 saturated heterocycles. The van der Waals surface area contributed by atoms with E-state index in [0.717, 1.165) is 47.5 Å². The number of aromatic amines is 1. The summed E-state index contributed by atoms with van der Waals surface area (Å²) in [4.78, 5) is 24.1. The van der Waals surface area contributed by atoms with Crippen LogP contribution in [0.4, 0.5) is 0 Å². The quantitative estimate of drug-likeness (QED) is 0.684. The number of fused-ring (bicyclic) bond motifs is 1. The number of hydrogen-bond acceptors (Lipinski definition) is 5. The lowest BCUT2D eigenvalue weighted by Crippen LogP contribution is -2.48. The molecule has 0 bridgehead atoms. The van der Waals surface area contributed by atoms with E-state index >= 15 is 0 Å². The number of H-pyrrole nitrogens is 1. The number of carboxylic acid groups (broad SMARTS) is 1. The fourth-order valence-corrected chi connectivity index (χ4v) is 3.86. The Kier molecular flexibility index (Phi) is 5.27. The highest BCUT2D eigenvalue weighted by atomic mass is 16.5. The highest BCUT2D eigenvalue weighted by Gasteiger charge is 2.32. The van der Waals surface area contributed by atoms with Gasteiger partial charge in [-0.2, -0.15) is 0 Å². The van der Waals surface area contributed by atoms with E-state index in [2.05, 4.69) is 14.9 Å². The maximum atomic E-state index is 12.2. The van der Waals surface area contributed by atoms with Gasteiger partial charge in [0.2, 0.25) is 0 Å². The number of piperazine rings is 1. The largest absolute Gasteiger partial charge is 0.497 e. The van der Waals surface area contributed by atoms with Gasteiger partial charge in [0.25, 0.3) is 0 Å². The van der Waals surface area contributed by atoms with Crippen LogP contribution < -0.4 is 4.74 Å². The van der Waals surface area contributed by atoms with Gasteiger partial charge in [0.15, 0.2) is 0 Å². The zero-order chi connectivity index (χ0) is 19.5. The molecule has 3 aromatic rings. The fraction of sp³-hybridized carbons (Fsp3) is 0.333. The summed E-state index contributed by atoms with van der Waals surface area (Å²) in [6, 6.07) is 10.9. The first-order chi connectivity index (χ1) is 13.7. The average Bonchev–Trinajstić information content (AvgIpc) is 3.13. The molecule has 7 nitrogen and oxygen atoms in total. The zero-order valence-electron chi connectivity index (χ0n) is 15.8. The predicted molar refractivity (Wildman–Crippen MR) is 106 cm³/mol. The molecule has 7 heteroatoms. The molecule has 2 aromatic heterocycles. The van der Waals surface area contributed by atoms with Crippen molar-refractivity contribution >= 4 is 16.9 Å². The van der Waals surface area contributed by atoms with Gasteiger partial charge in [0.1, 0.15) is 11.8 Å². The van der Waals surface area contributed by atoms with Gasteiger partial charge in [-0.3, -0.25) is 19.6 Å². The third-order valence-electron chi connectivity index (χ3n) is 5.33. The van der Waals surface area contributed by atoms with Crippen LogP contribution in [0.2, 0.25) is 0 Å². The Bertz CT molecular complexity index is 949. The van der Waals surface area contributed by atoms with Crippen molar-refractivity contribution in [3.8, 4) is 5.75 Å². The SMILES string of the molecule is COc1ccc2[nH]cc(C(C(=O)O)N3CCN(Cc4ccccn4)CC3)c2c1. The molecule has 1 aliphatic rings. The molecular weight excluding hydrogens is 356 g/mol. The van der Waals surface area contributed by atoms with Gasteiger partial charge in [0.05, 0.1) is 12.8 Å². The molecule has 4 rings (SSSR count). The molecule has 0 saturated carbocycles. The number of nitrogens with zero attached hydrogens (tertiary/aromatic N) is 3. The zero-order valence-corrected chi connectivity index (χ0v) is 15.8. The maximum Gasteiger partial charge on any atom is 0.325 e. The van der Waals surface area contributed by atoms with E-state index in [1.807, 2.05) is 47.5 Å². The normalized spacial score (nSPS) is 16.9. The van der Waals surface area contributed by atoms with Gasteiger partial charge >= 0.3 is 5.97 Å². The second-order valence-corrected chi connectivity index (χ2v) is 7.03. The molecule has 1 atom stereocenters. The van der Waals surface area contributed by atoms with Crippen molar-refractivity contribution in [3.63, 3.8) is 0 Å². The molecule has 1 fully saturated rings. The van der Waals surface area contributed by atoms with Crippen LogP contribution in [-0.2, 0) is 11.3 Å². The minimum absolute atomic E-state index is 0.683. The second-order valence-electron chi connectivity index (χ2n) is 7.03. The average molecular weight is 380 g/mol. The summed E-state index contributed by atoms with van der Waals surface area (Å²) in [5.74, 6) is -0.112. The molecule has 28 heavy (non-hydrogen) atoms. The van der Waals surface area contributed by atoms with E-state index in [4.69, 9.17) is 4.74 Å². The molecule has 1 aliphatic heterocycles. The summed E-state index contributed by atoms with van der Waals surface area (Å²) in [7, 11) is 1.61. The smallest absolute Gasteiger partial charge is 0.325 e. The number of aromatic nitrogens is 2. The van der Waals surface area contributed by atoms with Gasteiger partial charge < -0.3 is 14.8 Å². The number of ether oxygens (including phenoxy) is 1. The Morgan fingerprint density at radius 1 is 1.25 bits per heavy atom. The summed E-state index contributed by atoms with van der Waals surface area (Å²) in [5, 5.41) is 10.9. The van der Waals surface area contributed by atoms with Crippen LogP contribution in [0.3, 0.4) is 0 Å². The van der Waals surface area contributed by atoms with E-state index in [-0.39, 0.29) is 0 Å². The molecule has 0 amide bonds. The molecule has 3 heterocycles. The topological polar surface area (TPSA) is 81.7 Å². The minimum atomic E-state index is -0.832. The molecule has 146 valence electrons. The number of hydrogen-bond donors (Lipinski definition) is 2. The number of nitrogens with one attached hydrogen (secondary N) is 1. The van der Waals surface area contributed by atoms with Crippen LogP contribution in [0.1, 0.15) is 17.3 Å². The molecule has 2 N–H and O–H groups in total. The molecular formula is C21H24N4O3. The Balaban J connectivity index is 1.51. The van der Waals surface area contributed by atoms with Gasteiger partial charge in [0, 0.05) is 61.6 Å². The Morgan fingerprint density at radius 3 is 2.75 bits per heavy atom. The lowest BCUT2D eigenvalue weighted by molar-refractivity contribution is -0.144. The van der Waals surface area contributed by atoms with Crippen LogP contribution >= 0.6 is 0 Å². The summed E-state index contributed by atoms with van der Waals surface area (Å²) in [6.45, 7) is 3.80. The second kappa shape index (κ2) is 8.00. The number of methoxy groups -OCH3 is 1. The van der Waals surface area contributed by atoms with Crippen LogP contribution in [0.15, 0.2) is 48.8 Å². The molecule has 0 spiro atoms. The Hall–Kier alpha value is -2.90. The molecule has 1 aromatic carbocycles. The van der Waals surface area contributed by atoms with E-state index in [0.29, 0.717) is 13.1 Å². The van der Waals surface area contributed by atoms with Gasteiger partial charge in [-0.1, -0.05) is 6.07 Å². The van der Waals surface area contributed by atoms with Crippen molar-refractivity contribution in [1.82, 2.24) is 19.8 Å². The van der Waals surface area contributed by atoms with Gasteiger partial charge in [-0.25, -0.2) is 0 Å². The predicted octanol–water partition coefficient (Wildman–Crippen LogP) is 2.52. The van der Waals surface area contributed by atoms with Crippen LogP contribution in [0.25, 0.3) is 10.9 Å².